The normalized spacial score (nSPS) is 14.7. The van der Waals surface area contributed by atoms with Gasteiger partial charge in [-0.05, 0) is 42.4 Å². The van der Waals surface area contributed by atoms with E-state index in [0.29, 0.717) is 22.3 Å². The number of carbonyl (C=O) groups excluding carboxylic acids is 2. The van der Waals surface area contributed by atoms with Crippen molar-refractivity contribution in [2.75, 3.05) is 4.90 Å². The Bertz CT molecular complexity index is 1080. The van der Waals surface area contributed by atoms with Gasteiger partial charge in [0.1, 0.15) is 5.75 Å². The molecule has 2 heterocycles. The minimum atomic E-state index is -1.97. The van der Waals surface area contributed by atoms with Crippen molar-refractivity contribution in [3.63, 3.8) is 0 Å². The van der Waals surface area contributed by atoms with Crippen molar-refractivity contribution in [1.29, 1.82) is 0 Å². The molecular weight excluding hydrogens is 370 g/mol. The van der Waals surface area contributed by atoms with Crippen LogP contribution in [-0.4, -0.2) is 30.3 Å². The first-order chi connectivity index (χ1) is 13.1. The van der Waals surface area contributed by atoms with Gasteiger partial charge in [-0.3, -0.25) is 14.7 Å². The van der Waals surface area contributed by atoms with Crippen LogP contribution < -0.4 is 9.33 Å². The summed E-state index contributed by atoms with van der Waals surface area (Å²) >= 11 is 0. The largest absolute Gasteiger partial charge is 0.543 e. The van der Waals surface area contributed by atoms with E-state index in [1.807, 2.05) is 18.2 Å². The zero-order valence-electron chi connectivity index (χ0n) is 16.7. The summed E-state index contributed by atoms with van der Waals surface area (Å²) in [5.74, 6) is 0.378. The molecule has 7 heteroatoms. The maximum Gasteiger partial charge on any atom is 0.267 e. The van der Waals surface area contributed by atoms with Crippen molar-refractivity contribution in [3.8, 4) is 5.75 Å². The summed E-state index contributed by atoms with van der Waals surface area (Å²) in [5, 5.41) is 7.99. The molecule has 0 saturated heterocycles. The zero-order valence-corrected chi connectivity index (χ0v) is 17.7. The van der Waals surface area contributed by atoms with Gasteiger partial charge in [0.15, 0.2) is 5.82 Å². The highest BCUT2D eigenvalue weighted by molar-refractivity contribution is 6.74. The highest BCUT2D eigenvalue weighted by Crippen LogP contribution is 2.39. The van der Waals surface area contributed by atoms with E-state index in [1.54, 1.807) is 24.3 Å². The molecule has 28 heavy (non-hydrogen) atoms. The third kappa shape index (κ3) is 2.74. The molecule has 0 saturated carbocycles. The number of hydrogen-bond acceptors (Lipinski definition) is 4. The van der Waals surface area contributed by atoms with Crippen LogP contribution in [0.2, 0.25) is 18.1 Å². The first-order valence-electron chi connectivity index (χ1n) is 9.25. The molecule has 144 valence electrons. The highest BCUT2D eigenvalue weighted by atomic mass is 28.4. The lowest BCUT2D eigenvalue weighted by Crippen LogP contribution is -2.43. The fourth-order valence-corrected chi connectivity index (χ4v) is 4.07. The number of rotatable bonds is 3. The second-order valence-corrected chi connectivity index (χ2v) is 13.3. The smallest absolute Gasteiger partial charge is 0.267 e. The number of imide groups is 1. The Morgan fingerprint density at radius 3 is 2.18 bits per heavy atom. The van der Waals surface area contributed by atoms with Crippen LogP contribution in [-0.2, 0) is 0 Å². The van der Waals surface area contributed by atoms with Crippen molar-refractivity contribution in [2.24, 2.45) is 0 Å². The van der Waals surface area contributed by atoms with Gasteiger partial charge >= 0.3 is 0 Å². The van der Waals surface area contributed by atoms with Crippen LogP contribution in [0.5, 0.6) is 5.75 Å². The van der Waals surface area contributed by atoms with Crippen molar-refractivity contribution < 1.29 is 14.0 Å². The summed E-state index contributed by atoms with van der Waals surface area (Å²) in [6, 6.07) is 12.4. The lowest BCUT2D eigenvalue weighted by atomic mass is 10.1. The summed E-state index contributed by atoms with van der Waals surface area (Å²) in [7, 11) is -1.97. The Morgan fingerprint density at radius 2 is 1.61 bits per heavy atom. The Balaban J connectivity index is 1.70. The molecule has 2 amide bonds. The van der Waals surface area contributed by atoms with Crippen LogP contribution >= 0.6 is 0 Å². The molecule has 0 fully saturated rings. The summed E-state index contributed by atoms with van der Waals surface area (Å²) < 4.78 is 6.35. The molecule has 6 nitrogen and oxygen atoms in total. The number of hydrogen-bond donors (Lipinski definition) is 1. The van der Waals surface area contributed by atoms with Crippen LogP contribution in [0.3, 0.4) is 0 Å². The molecule has 1 aliphatic rings. The second kappa shape index (κ2) is 6.03. The summed E-state index contributed by atoms with van der Waals surface area (Å²) in [6.45, 7) is 10.9. The van der Waals surface area contributed by atoms with E-state index in [0.717, 1.165) is 16.2 Å². The van der Waals surface area contributed by atoms with Gasteiger partial charge in [0, 0.05) is 11.5 Å². The van der Waals surface area contributed by atoms with E-state index in [4.69, 9.17) is 4.43 Å². The monoisotopic (exact) mass is 393 g/mol. The van der Waals surface area contributed by atoms with E-state index in [2.05, 4.69) is 44.1 Å². The molecule has 0 aliphatic carbocycles. The van der Waals surface area contributed by atoms with E-state index in [1.165, 1.54) is 0 Å². The third-order valence-corrected chi connectivity index (χ3v) is 10.1. The molecule has 0 bridgehead atoms. The Hall–Kier alpha value is -2.93. The van der Waals surface area contributed by atoms with Gasteiger partial charge in [0.2, 0.25) is 8.32 Å². The fourth-order valence-electron chi connectivity index (χ4n) is 3.05. The lowest BCUT2D eigenvalue weighted by Gasteiger charge is -2.36. The molecule has 0 atom stereocenters. The number of carbonyl (C=O) groups is 2. The molecular formula is C21H23N3O3Si. The Labute approximate surface area is 164 Å². The number of anilines is 1. The molecule has 1 N–H and O–H groups in total. The quantitative estimate of drug-likeness (QED) is 0.515. The average molecular weight is 394 g/mol. The summed E-state index contributed by atoms with van der Waals surface area (Å²) in [4.78, 5) is 26.6. The van der Waals surface area contributed by atoms with Gasteiger partial charge < -0.3 is 4.43 Å². The van der Waals surface area contributed by atoms with Gasteiger partial charge in [0.25, 0.3) is 11.8 Å². The van der Waals surface area contributed by atoms with Crippen LogP contribution in [0.4, 0.5) is 5.82 Å². The molecule has 4 rings (SSSR count). The number of aromatic nitrogens is 2. The van der Waals surface area contributed by atoms with Crippen LogP contribution in [0, 0.1) is 0 Å². The maximum absolute atomic E-state index is 12.7. The number of fused-ring (bicyclic) bond motifs is 2. The molecule has 1 aliphatic heterocycles. The molecule has 0 radical (unpaired) electrons. The number of benzene rings is 2. The molecule has 0 spiro atoms. The second-order valence-electron chi connectivity index (χ2n) is 8.61. The minimum absolute atomic E-state index is 0.0846. The maximum atomic E-state index is 12.7. The van der Waals surface area contributed by atoms with E-state index >= 15 is 0 Å². The van der Waals surface area contributed by atoms with Gasteiger partial charge in [-0.25, -0.2) is 4.90 Å². The van der Waals surface area contributed by atoms with E-state index in [-0.39, 0.29) is 16.9 Å². The van der Waals surface area contributed by atoms with Gasteiger partial charge in [-0.1, -0.05) is 32.9 Å². The highest BCUT2D eigenvalue weighted by Gasteiger charge is 2.40. The minimum Gasteiger partial charge on any atom is -0.543 e. The Kier molecular flexibility index (Phi) is 3.97. The standard InChI is InChI=1S/C21H23N3O3Si/c1-21(2,3)28(4,5)27-13-10-11-16-17(12-13)22-23-18(16)24-19(25)14-8-6-7-9-15(14)20(24)26/h6-12H,1-5H3,(H,22,23). The Morgan fingerprint density at radius 1 is 1.00 bits per heavy atom. The number of nitrogens with one attached hydrogen (secondary N) is 1. The topological polar surface area (TPSA) is 75.3 Å². The fraction of sp³-hybridized carbons (Fsp3) is 0.286. The van der Waals surface area contributed by atoms with Crippen molar-refractivity contribution in [3.05, 3.63) is 53.6 Å². The van der Waals surface area contributed by atoms with Gasteiger partial charge in [0.05, 0.1) is 16.6 Å². The molecule has 3 aromatic rings. The van der Waals surface area contributed by atoms with Gasteiger partial charge in [-0.15, -0.1) is 0 Å². The third-order valence-electron chi connectivity index (χ3n) is 5.70. The predicted octanol–water partition coefficient (Wildman–Crippen LogP) is 4.75. The number of amides is 2. The first kappa shape index (κ1) is 18.4. The van der Waals surface area contributed by atoms with Crippen LogP contribution in [0.15, 0.2) is 42.5 Å². The van der Waals surface area contributed by atoms with Crippen molar-refractivity contribution >= 4 is 36.9 Å². The zero-order chi connectivity index (χ0) is 20.3. The van der Waals surface area contributed by atoms with Crippen LogP contribution in [0.1, 0.15) is 41.5 Å². The number of nitrogens with zero attached hydrogens (tertiary/aromatic N) is 2. The van der Waals surface area contributed by atoms with Crippen LogP contribution in [0.25, 0.3) is 10.9 Å². The van der Waals surface area contributed by atoms with Crippen molar-refractivity contribution in [2.45, 2.75) is 38.9 Å². The number of H-pyrrole nitrogens is 1. The predicted molar refractivity (Wildman–Crippen MR) is 112 cm³/mol. The summed E-state index contributed by atoms with van der Waals surface area (Å²) in [6.07, 6.45) is 0. The SMILES string of the molecule is CC(C)(C)[Si](C)(C)Oc1ccc2c(N3C(=O)c4ccccc4C3=O)n[nH]c2c1. The van der Waals surface area contributed by atoms with E-state index < -0.39 is 8.32 Å². The number of aromatic amines is 1. The summed E-state index contributed by atoms with van der Waals surface area (Å²) in [5.41, 5.74) is 1.53. The average Bonchev–Trinajstić information content (AvgIpc) is 3.13. The van der Waals surface area contributed by atoms with Crippen molar-refractivity contribution in [1.82, 2.24) is 10.2 Å². The molecule has 1 aromatic heterocycles. The van der Waals surface area contributed by atoms with Gasteiger partial charge in [-0.2, -0.15) is 5.10 Å². The lowest BCUT2D eigenvalue weighted by molar-refractivity contribution is 0.0925. The molecule has 2 aromatic carbocycles. The molecule has 0 unspecified atom stereocenters. The first-order valence-corrected chi connectivity index (χ1v) is 12.2. The van der Waals surface area contributed by atoms with E-state index in [9.17, 15) is 9.59 Å².